The molecule has 12 nitrogen and oxygen atoms in total. The van der Waals surface area contributed by atoms with Crippen molar-refractivity contribution < 1.29 is 22.7 Å². The van der Waals surface area contributed by atoms with E-state index in [1.54, 1.807) is 21.0 Å². The van der Waals surface area contributed by atoms with Crippen LogP contribution in [0.15, 0.2) is 18.2 Å². The number of anilines is 1. The molecule has 0 aliphatic heterocycles. The van der Waals surface area contributed by atoms with Crippen molar-refractivity contribution in [2.75, 3.05) is 38.4 Å². The van der Waals surface area contributed by atoms with E-state index in [4.69, 9.17) is 20.2 Å². The molecule has 1 amide bonds. The summed E-state index contributed by atoms with van der Waals surface area (Å²) >= 11 is 0. The quantitative estimate of drug-likeness (QED) is 0.268. The number of nitrogens with one attached hydrogen (secondary N) is 2. The summed E-state index contributed by atoms with van der Waals surface area (Å²) in [6, 6.07) is 5.65. The fourth-order valence-corrected chi connectivity index (χ4v) is 5.29. The van der Waals surface area contributed by atoms with Crippen molar-refractivity contribution in [2.45, 2.75) is 45.6 Å². The maximum atomic E-state index is 12.2. The van der Waals surface area contributed by atoms with E-state index in [1.165, 1.54) is 0 Å². The Labute approximate surface area is 211 Å². The number of benzene rings is 1. The van der Waals surface area contributed by atoms with Crippen LogP contribution in [0.1, 0.15) is 38.9 Å². The van der Waals surface area contributed by atoms with Crippen LogP contribution in [0, 0.1) is 12.8 Å². The molecule has 1 atom stereocenters. The Balaban J connectivity index is 1.75. The van der Waals surface area contributed by atoms with E-state index in [0.717, 1.165) is 17.6 Å². The minimum absolute atomic E-state index is 0.279. The second kappa shape index (κ2) is 11.4. The zero-order chi connectivity index (χ0) is 26.5. The second-order valence-electron chi connectivity index (χ2n) is 9.11. The van der Waals surface area contributed by atoms with Crippen LogP contribution in [0.3, 0.4) is 0 Å². The Morgan fingerprint density at radius 1 is 1.22 bits per heavy atom. The van der Waals surface area contributed by atoms with E-state index >= 15 is 0 Å². The highest BCUT2D eigenvalue weighted by atomic mass is 32.2. The third kappa shape index (κ3) is 6.20. The first-order valence-electron chi connectivity index (χ1n) is 11.8. The number of amides is 1. The summed E-state index contributed by atoms with van der Waals surface area (Å²) in [5, 5.41) is 11.8. The number of methoxy groups -OCH3 is 1. The molecule has 0 radical (unpaired) electrons. The molecule has 13 heteroatoms. The number of primary amides is 1. The van der Waals surface area contributed by atoms with Crippen molar-refractivity contribution in [3.8, 4) is 5.75 Å². The highest BCUT2D eigenvalue weighted by Crippen LogP contribution is 2.27. The lowest BCUT2D eigenvalue weighted by atomic mass is 9.82. The lowest BCUT2D eigenvalue weighted by Gasteiger charge is -2.34. The van der Waals surface area contributed by atoms with Crippen LogP contribution in [0.2, 0.25) is 0 Å². The normalized spacial score (nSPS) is 13.8. The smallest absolute Gasteiger partial charge is 0.238 e. The Morgan fingerprint density at radius 2 is 1.97 bits per heavy atom. The van der Waals surface area contributed by atoms with Gasteiger partial charge in [-0.1, -0.05) is 13.8 Å². The topological polar surface area (TPSA) is 163 Å². The molecule has 2 aromatic heterocycles. The fourth-order valence-electron chi connectivity index (χ4n) is 4.19. The Kier molecular flexibility index (Phi) is 8.69. The predicted octanol–water partition coefficient (Wildman–Crippen LogP) is 1.62. The number of rotatable bonds is 14. The summed E-state index contributed by atoms with van der Waals surface area (Å²) in [7, 11) is -2.00. The van der Waals surface area contributed by atoms with Gasteiger partial charge >= 0.3 is 0 Å². The molecule has 2 heterocycles. The standard InChI is InChI=1S/C23H35N7O5S/c1-15(2)23(22(24)31,29-36(5,32)33)10-6-7-11-25-20-21-28-27-16(3)30(21)19-9-8-17(14-18(19)26-20)35-13-12-34-4/h8-9,14-15,29H,6-7,10-13H2,1-5H3,(H2,24,31)(H,25,26)/t23-/m0/s1. The Hall–Kier alpha value is -3.03. The summed E-state index contributed by atoms with van der Waals surface area (Å²) in [6.45, 7) is 6.86. The lowest BCUT2D eigenvalue weighted by molar-refractivity contribution is -0.125. The summed E-state index contributed by atoms with van der Waals surface area (Å²) in [5.74, 6) is 0.980. The maximum Gasteiger partial charge on any atom is 0.238 e. The molecule has 0 fully saturated rings. The Morgan fingerprint density at radius 3 is 2.61 bits per heavy atom. The monoisotopic (exact) mass is 521 g/mol. The molecule has 0 unspecified atom stereocenters. The molecule has 1 aromatic carbocycles. The molecule has 0 saturated carbocycles. The molecule has 3 aromatic rings. The van der Waals surface area contributed by atoms with Crippen LogP contribution < -0.4 is 20.5 Å². The molecule has 36 heavy (non-hydrogen) atoms. The lowest BCUT2D eigenvalue weighted by Crippen LogP contribution is -2.60. The number of hydrogen-bond donors (Lipinski definition) is 3. The average Bonchev–Trinajstić information content (AvgIpc) is 3.19. The summed E-state index contributed by atoms with van der Waals surface area (Å²) in [6.07, 6.45) is 2.51. The summed E-state index contributed by atoms with van der Waals surface area (Å²) < 4.78 is 38.9. The van der Waals surface area contributed by atoms with Crippen LogP contribution in [0.5, 0.6) is 5.75 Å². The number of ether oxygens (including phenoxy) is 2. The summed E-state index contributed by atoms with van der Waals surface area (Å²) in [5.41, 5.74) is 6.45. The van der Waals surface area contributed by atoms with Crippen molar-refractivity contribution in [3.05, 3.63) is 24.0 Å². The van der Waals surface area contributed by atoms with Gasteiger partial charge < -0.3 is 20.5 Å². The number of fused-ring (bicyclic) bond motifs is 3. The van der Waals surface area contributed by atoms with Crippen molar-refractivity contribution >= 4 is 38.4 Å². The van der Waals surface area contributed by atoms with Gasteiger partial charge in [-0.15, -0.1) is 10.2 Å². The van der Waals surface area contributed by atoms with Gasteiger partial charge in [0.05, 0.1) is 23.9 Å². The molecular weight excluding hydrogens is 486 g/mol. The third-order valence-electron chi connectivity index (χ3n) is 6.10. The first-order chi connectivity index (χ1) is 17.0. The molecule has 0 aliphatic carbocycles. The molecule has 0 aliphatic rings. The largest absolute Gasteiger partial charge is 0.491 e. The highest BCUT2D eigenvalue weighted by Gasteiger charge is 2.41. The number of hydrogen-bond acceptors (Lipinski definition) is 9. The minimum Gasteiger partial charge on any atom is -0.491 e. The predicted molar refractivity (Wildman–Crippen MR) is 137 cm³/mol. The molecule has 3 rings (SSSR count). The number of carbonyl (C=O) groups excluding carboxylic acids is 1. The van der Waals surface area contributed by atoms with E-state index < -0.39 is 21.5 Å². The van der Waals surface area contributed by atoms with Crippen LogP contribution >= 0.6 is 0 Å². The Bertz CT molecular complexity index is 1330. The van der Waals surface area contributed by atoms with E-state index in [9.17, 15) is 13.2 Å². The van der Waals surface area contributed by atoms with Crippen LogP contribution in [0.4, 0.5) is 5.82 Å². The van der Waals surface area contributed by atoms with Crippen molar-refractivity contribution in [1.29, 1.82) is 0 Å². The van der Waals surface area contributed by atoms with E-state index in [1.807, 2.05) is 29.5 Å². The SMILES string of the molecule is COCCOc1ccc2c(c1)nc(NCCCC[C@@](NS(C)(=O)=O)(C(N)=O)C(C)C)c1nnc(C)n12. The first kappa shape index (κ1) is 27.6. The van der Waals surface area contributed by atoms with Gasteiger partial charge in [-0.25, -0.2) is 13.4 Å². The second-order valence-corrected chi connectivity index (χ2v) is 10.9. The number of aryl methyl sites for hydroxylation is 1. The van der Waals surface area contributed by atoms with E-state index in [0.29, 0.717) is 55.3 Å². The molecule has 0 bridgehead atoms. The van der Waals surface area contributed by atoms with Crippen molar-refractivity contribution in [3.63, 3.8) is 0 Å². The van der Waals surface area contributed by atoms with Crippen LogP contribution in [0.25, 0.3) is 16.7 Å². The fraction of sp³-hybridized carbons (Fsp3) is 0.565. The van der Waals surface area contributed by atoms with Crippen LogP contribution in [-0.2, 0) is 19.6 Å². The minimum atomic E-state index is -3.62. The zero-order valence-corrected chi connectivity index (χ0v) is 22.2. The molecular formula is C23H35N7O5S. The van der Waals surface area contributed by atoms with Crippen molar-refractivity contribution in [1.82, 2.24) is 24.3 Å². The molecule has 198 valence electrons. The number of unbranched alkanes of at least 4 members (excludes halogenated alkanes) is 1. The maximum absolute atomic E-state index is 12.2. The number of nitrogens with zero attached hydrogens (tertiary/aromatic N) is 4. The van der Waals surface area contributed by atoms with Crippen LogP contribution in [-0.4, -0.2) is 72.6 Å². The zero-order valence-electron chi connectivity index (χ0n) is 21.4. The highest BCUT2D eigenvalue weighted by molar-refractivity contribution is 7.88. The molecule has 0 saturated heterocycles. The van der Waals surface area contributed by atoms with Crippen molar-refractivity contribution in [2.24, 2.45) is 11.7 Å². The van der Waals surface area contributed by atoms with Gasteiger partial charge in [0.15, 0.2) is 5.82 Å². The number of nitrogens with two attached hydrogens (primary N) is 1. The van der Waals surface area contributed by atoms with E-state index in [2.05, 4.69) is 20.2 Å². The summed E-state index contributed by atoms with van der Waals surface area (Å²) in [4.78, 5) is 17.0. The van der Waals surface area contributed by atoms with Gasteiger partial charge in [-0.3, -0.25) is 9.20 Å². The number of aromatic nitrogens is 4. The third-order valence-corrected chi connectivity index (χ3v) is 6.83. The van der Waals surface area contributed by atoms with Gasteiger partial charge in [-0.2, -0.15) is 4.72 Å². The average molecular weight is 522 g/mol. The number of sulfonamides is 1. The molecule has 0 spiro atoms. The van der Waals surface area contributed by atoms with Gasteiger partial charge in [0.2, 0.25) is 21.6 Å². The first-order valence-corrected chi connectivity index (χ1v) is 13.7. The number of carbonyl (C=O) groups is 1. The molecule has 4 N–H and O–H groups in total. The van der Waals surface area contributed by atoms with Gasteiger partial charge in [0.1, 0.15) is 23.7 Å². The van der Waals surface area contributed by atoms with Gasteiger partial charge in [0, 0.05) is 19.7 Å². The van der Waals surface area contributed by atoms with Gasteiger partial charge in [-0.05, 0) is 44.2 Å². The van der Waals surface area contributed by atoms with Gasteiger partial charge in [0.25, 0.3) is 0 Å². The van der Waals surface area contributed by atoms with E-state index in [-0.39, 0.29) is 12.3 Å².